The first-order valence-corrected chi connectivity index (χ1v) is 10.5. The van der Waals surface area contributed by atoms with Crippen molar-refractivity contribution in [2.45, 2.75) is 6.04 Å². The molecular weight excluding hydrogens is 419 g/mol. The molecule has 166 valence electrons. The van der Waals surface area contributed by atoms with Crippen molar-refractivity contribution in [3.05, 3.63) is 120 Å². The number of hydrogen-bond acceptors (Lipinski definition) is 3. The second kappa shape index (κ2) is 9.91. The summed E-state index contributed by atoms with van der Waals surface area (Å²) >= 11 is 0. The summed E-state index contributed by atoms with van der Waals surface area (Å²) in [5.74, 6) is -1.00. The highest BCUT2D eigenvalue weighted by Crippen LogP contribution is 2.23. The average Bonchev–Trinajstić information content (AvgIpc) is 3.28. The van der Waals surface area contributed by atoms with E-state index in [4.69, 9.17) is 0 Å². The number of carbonyl (C=O) groups excluding carboxylic acids is 2. The Labute approximate surface area is 191 Å². The molecule has 0 saturated carbocycles. The van der Waals surface area contributed by atoms with Gasteiger partial charge < -0.3 is 5.32 Å². The minimum atomic E-state index is -0.545. The van der Waals surface area contributed by atoms with Gasteiger partial charge in [0.1, 0.15) is 12.4 Å². The third-order valence-corrected chi connectivity index (χ3v) is 5.20. The molecule has 3 aromatic carbocycles. The van der Waals surface area contributed by atoms with Gasteiger partial charge in [-0.1, -0.05) is 48.5 Å². The molecule has 1 unspecified atom stereocenters. The zero-order chi connectivity index (χ0) is 23.2. The molecule has 0 aliphatic heterocycles. The van der Waals surface area contributed by atoms with Gasteiger partial charge in [-0.15, -0.1) is 0 Å². The summed E-state index contributed by atoms with van der Waals surface area (Å²) in [7, 11) is 1.78. The highest BCUT2D eigenvalue weighted by atomic mass is 19.1. The van der Waals surface area contributed by atoms with Crippen molar-refractivity contribution < 1.29 is 14.0 Å². The summed E-state index contributed by atoms with van der Waals surface area (Å²) < 4.78 is 15.1. The van der Waals surface area contributed by atoms with E-state index in [-0.39, 0.29) is 24.2 Å². The first kappa shape index (κ1) is 22.0. The summed E-state index contributed by atoms with van der Waals surface area (Å²) in [6.45, 7) is -0.185. The smallest absolute Gasteiger partial charge is 0.258 e. The molecule has 0 aliphatic carbocycles. The predicted molar refractivity (Wildman–Crippen MR) is 124 cm³/mol. The number of aromatic nitrogens is 2. The molecule has 0 fully saturated rings. The number of halogens is 1. The molecule has 0 radical (unpaired) electrons. The number of amides is 2. The largest absolute Gasteiger partial charge is 0.344 e. The van der Waals surface area contributed by atoms with Crippen LogP contribution in [0.4, 0.5) is 10.1 Å². The Morgan fingerprint density at radius 1 is 0.939 bits per heavy atom. The lowest BCUT2D eigenvalue weighted by Crippen LogP contribution is -2.42. The van der Waals surface area contributed by atoms with Crippen LogP contribution in [0.25, 0.3) is 0 Å². The normalized spacial score (nSPS) is 11.6. The van der Waals surface area contributed by atoms with Crippen LogP contribution in [-0.4, -0.2) is 28.1 Å². The van der Waals surface area contributed by atoms with E-state index in [1.807, 2.05) is 24.3 Å². The highest BCUT2D eigenvalue weighted by Gasteiger charge is 2.24. The fourth-order valence-electron chi connectivity index (χ4n) is 3.58. The molecule has 1 atom stereocenters. The Morgan fingerprint density at radius 2 is 1.58 bits per heavy atom. The van der Waals surface area contributed by atoms with Crippen molar-refractivity contribution >= 4 is 17.5 Å². The molecule has 1 aromatic heterocycles. The molecule has 4 aromatic rings. The first-order chi connectivity index (χ1) is 16.0. The van der Waals surface area contributed by atoms with Gasteiger partial charge in [0.15, 0.2) is 0 Å². The molecule has 1 heterocycles. The minimum absolute atomic E-state index is 0.185. The number of benzene rings is 3. The molecule has 33 heavy (non-hydrogen) atoms. The lowest BCUT2D eigenvalue weighted by atomic mass is 10.0. The molecule has 0 bridgehead atoms. The first-order valence-electron chi connectivity index (χ1n) is 10.5. The van der Waals surface area contributed by atoms with Gasteiger partial charge in [0, 0.05) is 30.1 Å². The van der Waals surface area contributed by atoms with Crippen molar-refractivity contribution in [3.8, 4) is 0 Å². The Bertz CT molecular complexity index is 1220. The maximum atomic E-state index is 13.5. The van der Waals surface area contributed by atoms with E-state index >= 15 is 0 Å². The van der Waals surface area contributed by atoms with Crippen LogP contribution in [0.5, 0.6) is 0 Å². The third-order valence-electron chi connectivity index (χ3n) is 5.20. The summed E-state index contributed by atoms with van der Waals surface area (Å²) in [5.41, 5.74) is 2.55. The molecule has 0 saturated heterocycles. The molecule has 0 aliphatic rings. The van der Waals surface area contributed by atoms with Crippen LogP contribution in [0, 0.1) is 5.82 Å². The Balaban J connectivity index is 1.61. The summed E-state index contributed by atoms with van der Waals surface area (Å²) in [5, 5.41) is 7.17. The molecule has 4 rings (SSSR count). The van der Waals surface area contributed by atoms with Crippen LogP contribution in [0.15, 0.2) is 97.3 Å². The average molecular weight is 442 g/mol. The number of rotatable bonds is 7. The van der Waals surface area contributed by atoms with Crippen LogP contribution in [-0.2, 0) is 11.8 Å². The summed E-state index contributed by atoms with van der Waals surface area (Å²) in [4.78, 5) is 27.9. The van der Waals surface area contributed by atoms with E-state index in [0.29, 0.717) is 16.8 Å². The highest BCUT2D eigenvalue weighted by molar-refractivity contribution is 6.08. The summed E-state index contributed by atoms with van der Waals surface area (Å²) in [6, 6.07) is 23.3. The van der Waals surface area contributed by atoms with Crippen molar-refractivity contribution in [1.82, 2.24) is 15.1 Å². The number of para-hydroxylation sites is 1. The van der Waals surface area contributed by atoms with Crippen molar-refractivity contribution in [2.24, 2.45) is 7.05 Å². The number of nitrogens with zero attached hydrogens (tertiary/aromatic N) is 3. The van der Waals surface area contributed by atoms with Gasteiger partial charge >= 0.3 is 0 Å². The predicted octanol–water partition coefficient (Wildman–Crippen LogP) is 4.11. The maximum absolute atomic E-state index is 13.5. The number of carbonyl (C=O) groups is 2. The lowest BCUT2D eigenvalue weighted by molar-refractivity contribution is -0.120. The van der Waals surface area contributed by atoms with Crippen LogP contribution in [0.1, 0.15) is 27.5 Å². The maximum Gasteiger partial charge on any atom is 0.258 e. The Morgan fingerprint density at radius 3 is 2.18 bits per heavy atom. The van der Waals surface area contributed by atoms with Gasteiger partial charge in [0.05, 0.1) is 12.2 Å². The van der Waals surface area contributed by atoms with Crippen LogP contribution in [0.2, 0.25) is 0 Å². The van der Waals surface area contributed by atoms with E-state index in [1.54, 1.807) is 72.7 Å². The quantitative estimate of drug-likeness (QED) is 0.468. The fourth-order valence-corrected chi connectivity index (χ4v) is 3.58. The minimum Gasteiger partial charge on any atom is -0.344 e. The van der Waals surface area contributed by atoms with Crippen LogP contribution >= 0.6 is 0 Å². The standard InChI is InChI=1S/C26H23FN4O2/c1-30-17-21(16-28-30)25(19-12-14-22(27)15-13-19)29-24(32)18-31(23-10-6-3-7-11-23)26(33)20-8-4-2-5-9-20/h2-17,25H,18H2,1H3,(H,29,32). The molecule has 7 heteroatoms. The van der Waals surface area contributed by atoms with E-state index in [1.165, 1.54) is 17.0 Å². The number of nitrogens with one attached hydrogen (secondary N) is 1. The van der Waals surface area contributed by atoms with Gasteiger partial charge in [-0.3, -0.25) is 19.2 Å². The van der Waals surface area contributed by atoms with Crippen molar-refractivity contribution in [2.75, 3.05) is 11.4 Å². The van der Waals surface area contributed by atoms with Gasteiger partial charge in [0.2, 0.25) is 5.91 Å². The van der Waals surface area contributed by atoms with E-state index < -0.39 is 6.04 Å². The van der Waals surface area contributed by atoms with Gasteiger partial charge in [-0.25, -0.2) is 4.39 Å². The van der Waals surface area contributed by atoms with Gasteiger partial charge in [-0.05, 0) is 42.0 Å². The van der Waals surface area contributed by atoms with E-state index in [9.17, 15) is 14.0 Å². The second-order valence-corrected chi connectivity index (χ2v) is 7.59. The number of aryl methyl sites for hydroxylation is 1. The van der Waals surface area contributed by atoms with Crippen molar-refractivity contribution in [3.63, 3.8) is 0 Å². The fraction of sp³-hybridized carbons (Fsp3) is 0.115. The lowest BCUT2D eigenvalue weighted by Gasteiger charge is -2.24. The topological polar surface area (TPSA) is 67.2 Å². The zero-order valence-corrected chi connectivity index (χ0v) is 18.1. The second-order valence-electron chi connectivity index (χ2n) is 7.59. The Kier molecular flexibility index (Phi) is 6.59. The number of hydrogen-bond donors (Lipinski definition) is 1. The summed E-state index contributed by atoms with van der Waals surface area (Å²) in [6.07, 6.45) is 3.44. The Hall–Kier alpha value is -4.26. The van der Waals surface area contributed by atoms with Gasteiger partial charge in [-0.2, -0.15) is 5.10 Å². The van der Waals surface area contributed by atoms with Gasteiger partial charge in [0.25, 0.3) is 5.91 Å². The van der Waals surface area contributed by atoms with Crippen LogP contribution in [0.3, 0.4) is 0 Å². The molecular formula is C26H23FN4O2. The van der Waals surface area contributed by atoms with Crippen molar-refractivity contribution in [1.29, 1.82) is 0 Å². The monoisotopic (exact) mass is 442 g/mol. The molecule has 1 N–H and O–H groups in total. The van der Waals surface area contributed by atoms with E-state index in [2.05, 4.69) is 10.4 Å². The number of anilines is 1. The molecule has 6 nitrogen and oxygen atoms in total. The SMILES string of the molecule is Cn1cc(C(NC(=O)CN(C(=O)c2ccccc2)c2ccccc2)c2ccc(F)cc2)cn1. The zero-order valence-electron chi connectivity index (χ0n) is 18.1. The molecule has 2 amide bonds. The third kappa shape index (κ3) is 5.33. The van der Waals surface area contributed by atoms with Crippen LogP contribution < -0.4 is 10.2 Å². The van der Waals surface area contributed by atoms with E-state index in [0.717, 1.165) is 5.56 Å². The molecule has 0 spiro atoms.